The summed E-state index contributed by atoms with van der Waals surface area (Å²) in [5.74, 6) is 0.144. The molecule has 5 heteroatoms. The van der Waals surface area contributed by atoms with Crippen LogP contribution in [0.15, 0.2) is 60.3 Å². The lowest BCUT2D eigenvalue weighted by Crippen LogP contribution is -2.36. The highest BCUT2D eigenvalue weighted by Crippen LogP contribution is 2.37. The number of imide groups is 1. The Morgan fingerprint density at radius 3 is 2.25 bits per heavy atom. The molecule has 2 aliphatic heterocycles. The van der Waals surface area contributed by atoms with Crippen LogP contribution in [0.1, 0.15) is 30.4 Å². The van der Waals surface area contributed by atoms with Gasteiger partial charge in [0, 0.05) is 18.7 Å². The van der Waals surface area contributed by atoms with E-state index in [0.29, 0.717) is 22.6 Å². The Morgan fingerprint density at radius 1 is 0.857 bits per heavy atom. The first-order valence-corrected chi connectivity index (χ1v) is 9.73. The van der Waals surface area contributed by atoms with E-state index < -0.39 is 0 Å². The van der Waals surface area contributed by atoms with Crippen molar-refractivity contribution >= 4 is 17.4 Å². The number of ether oxygens (including phenoxy) is 1. The van der Waals surface area contributed by atoms with Gasteiger partial charge in [-0.2, -0.15) is 0 Å². The van der Waals surface area contributed by atoms with E-state index in [9.17, 15) is 9.59 Å². The van der Waals surface area contributed by atoms with Crippen molar-refractivity contribution in [3.8, 4) is 5.75 Å². The van der Waals surface area contributed by atoms with E-state index >= 15 is 0 Å². The Labute approximate surface area is 165 Å². The highest BCUT2D eigenvalue weighted by atomic mass is 16.5. The van der Waals surface area contributed by atoms with Gasteiger partial charge in [-0.25, -0.2) is 0 Å². The van der Waals surface area contributed by atoms with Crippen LogP contribution in [0.25, 0.3) is 5.57 Å². The summed E-state index contributed by atoms with van der Waals surface area (Å²) >= 11 is 0. The Morgan fingerprint density at radius 2 is 1.54 bits per heavy atom. The highest BCUT2D eigenvalue weighted by Gasteiger charge is 2.42. The molecule has 0 atom stereocenters. The van der Waals surface area contributed by atoms with Gasteiger partial charge in [0.2, 0.25) is 0 Å². The fourth-order valence-electron chi connectivity index (χ4n) is 3.98. The Balaban J connectivity index is 1.78. The van der Waals surface area contributed by atoms with E-state index in [4.69, 9.17) is 4.74 Å². The van der Waals surface area contributed by atoms with E-state index in [0.717, 1.165) is 37.9 Å². The highest BCUT2D eigenvalue weighted by molar-refractivity contribution is 6.35. The Hall–Kier alpha value is -3.08. The van der Waals surface area contributed by atoms with Crippen molar-refractivity contribution in [3.05, 3.63) is 71.4 Å². The molecule has 2 aliphatic rings. The molecule has 2 heterocycles. The molecule has 2 amide bonds. The number of carbonyl (C=O) groups excluding carboxylic acids is 2. The number of rotatable bonds is 5. The zero-order valence-corrected chi connectivity index (χ0v) is 16.1. The van der Waals surface area contributed by atoms with Crippen molar-refractivity contribution in [2.75, 3.05) is 20.2 Å². The smallest absolute Gasteiger partial charge is 0.278 e. The minimum Gasteiger partial charge on any atom is -0.496 e. The zero-order chi connectivity index (χ0) is 19.5. The molecule has 0 radical (unpaired) electrons. The van der Waals surface area contributed by atoms with Crippen LogP contribution in [0.5, 0.6) is 5.75 Å². The zero-order valence-electron chi connectivity index (χ0n) is 16.1. The fourth-order valence-corrected chi connectivity index (χ4v) is 3.98. The summed E-state index contributed by atoms with van der Waals surface area (Å²) in [5.41, 5.74) is 2.59. The van der Waals surface area contributed by atoms with E-state index in [1.54, 1.807) is 7.11 Å². The number of benzene rings is 2. The SMILES string of the molecule is COc1ccccc1C1=C(N2CCCCC2)C(=O)N(Cc2ccccc2)C1=O. The van der Waals surface area contributed by atoms with Crippen LogP contribution in [-0.4, -0.2) is 41.8 Å². The van der Waals surface area contributed by atoms with Crippen LogP contribution in [-0.2, 0) is 16.1 Å². The molecule has 1 fully saturated rings. The molecular weight excluding hydrogens is 352 g/mol. The molecule has 2 aromatic rings. The Kier molecular flexibility index (Phi) is 5.15. The van der Waals surface area contributed by atoms with Crippen molar-refractivity contribution in [1.82, 2.24) is 9.80 Å². The van der Waals surface area contributed by atoms with Gasteiger partial charge in [-0.1, -0.05) is 48.5 Å². The number of likely N-dealkylation sites (tertiary alicyclic amines) is 1. The van der Waals surface area contributed by atoms with Crippen LogP contribution in [0.4, 0.5) is 0 Å². The molecule has 5 nitrogen and oxygen atoms in total. The van der Waals surface area contributed by atoms with Gasteiger partial charge in [0.15, 0.2) is 0 Å². The third-order valence-corrected chi connectivity index (χ3v) is 5.38. The lowest BCUT2D eigenvalue weighted by molar-refractivity contribution is -0.138. The van der Waals surface area contributed by atoms with Crippen LogP contribution in [0.2, 0.25) is 0 Å². The number of hydrogen-bond donors (Lipinski definition) is 0. The van der Waals surface area contributed by atoms with Gasteiger partial charge in [0.1, 0.15) is 11.4 Å². The predicted molar refractivity (Wildman–Crippen MR) is 107 cm³/mol. The summed E-state index contributed by atoms with van der Waals surface area (Å²) in [4.78, 5) is 30.2. The maximum absolute atomic E-state index is 13.4. The van der Waals surface area contributed by atoms with Gasteiger partial charge in [-0.05, 0) is 30.9 Å². The second kappa shape index (κ2) is 7.89. The lowest BCUT2D eigenvalue weighted by Gasteiger charge is -2.29. The maximum atomic E-state index is 13.4. The average Bonchev–Trinajstić information content (AvgIpc) is 2.99. The van der Waals surface area contributed by atoms with E-state index in [-0.39, 0.29) is 18.4 Å². The summed E-state index contributed by atoms with van der Waals surface area (Å²) in [5, 5.41) is 0. The fraction of sp³-hybridized carbons (Fsp3) is 0.304. The molecule has 144 valence electrons. The molecule has 0 bridgehead atoms. The summed E-state index contributed by atoms with van der Waals surface area (Å²) < 4.78 is 5.50. The molecule has 0 aliphatic carbocycles. The molecule has 4 rings (SSSR count). The topological polar surface area (TPSA) is 49.9 Å². The third-order valence-electron chi connectivity index (χ3n) is 5.38. The lowest BCUT2D eigenvalue weighted by atomic mass is 10.0. The molecular formula is C23H24N2O3. The standard InChI is InChI=1S/C23H24N2O3/c1-28-19-13-7-6-12-18(19)20-21(24-14-8-3-9-15-24)23(27)25(22(20)26)16-17-10-4-2-5-11-17/h2,4-7,10-13H,3,8-9,14-16H2,1H3. The van der Waals surface area contributed by atoms with Gasteiger partial charge in [-0.15, -0.1) is 0 Å². The number of hydrogen-bond acceptors (Lipinski definition) is 4. The molecule has 1 saturated heterocycles. The Bertz CT molecular complexity index is 914. The van der Waals surface area contributed by atoms with Gasteiger partial charge in [-0.3, -0.25) is 14.5 Å². The van der Waals surface area contributed by atoms with E-state index in [1.807, 2.05) is 54.6 Å². The number of amides is 2. The minimum atomic E-state index is -0.251. The summed E-state index contributed by atoms with van der Waals surface area (Å²) in [6.07, 6.45) is 3.22. The number of nitrogens with zero attached hydrogens (tertiary/aromatic N) is 2. The van der Waals surface area contributed by atoms with Crippen LogP contribution in [0.3, 0.4) is 0 Å². The quantitative estimate of drug-likeness (QED) is 0.750. The number of para-hydroxylation sites is 1. The van der Waals surface area contributed by atoms with Crippen LogP contribution in [0, 0.1) is 0 Å². The molecule has 28 heavy (non-hydrogen) atoms. The number of carbonyl (C=O) groups is 2. The van der Waals surface area contributed by atoms with Crippen LogP contribution >= 0.6 is 0 Å². The first-order valence-electron chi connectivity index (χ1n) is 9.73. The second-order valence-corrected chi connectivity index (χ2v) is 7.15. The minimum absolute atomic E-state index is 0.211. The molecule has 0 aromatic heterocycles. The maximum Gasteiger partial charge on any atom is 0.278 e. The van der Waals surface area contributed by atoms with Gasteiger partial charge in [0.25, 0.3) is 11.8 Å². The normalized spacial score (nSPS) is 17.5. The van der Waals surface area contributed by atoms with Crippen molar-refractivity contribution in [3.63, 3.8) is 0 Å². The molecule has 2 aromatic carbocycles. The summed E-state index contributed by atoms with van der Waals surface area (Å²) in [6, 6.07) is 17.0. The first kappa shape index (κ1) is 18.3. The molecule has 0 spiro atoms. The van der Waals surface area contributed by atoms with Gasteiger partial charge < -0.3 is 9.64 Å². The number of methoxy groups -OCH3 is 1. The third kappa shape index (κ3) is 3.28. The summed E-state index contributed by atoms with van der Waals surface area (Å²) in [6.45, 7) is 1.87. The van der Waals surface area contributed by atoms with E-state index in [2.05, 4.69) is 4.90 Å². The monoisotopic (exact) mass is 376 g/mol. The van der Waals surface area contributed by atoms with Crippen LogP contribution < -0.4 is 4.74 Å². The van der Waals surface area contributed by atoms with Crippen molar-refractivity contribution in [2.24, 2.45) is 0 Å². The van der Waals surface area contributed by atoms with E-state index in [1.165, 1.54) is 4.90 Å². The van der Waals surface area contributed by atoms with Crippen molar-refractivity contribution < 1.29 is 14.3 Å². The van der Waals surface area contributed by atoms with Gasteiger partial charge >= 0.3 is 0 Å². The van der Waals surface area contributed by atoms with Crippen molar-refractivity contribution in [2.45, 2.75) is 25.8 Å². The molecule has 0 saturated carbocycles. The second-order valence-electron chi connectivity index (χ2n) is 7.15. The molecule has 0 unspecified atom stereocenters. The van der Waals surface area contributed by atoms with Crippen molar-refractivity contribution in [1.29, 1.82) is 0 Å². The molecule has 0 N–H and O–H groups in total. The summed E-state index contributed by atoms with van der Waals surface area (Å²) in [7, 11) is 1.59. The van der Waals surface area contributed by atoms with Gasteiger partial charge in [0.05, 0.1) is 19.2 Å². The predicted octanol–water partition coefficient (Wildman–Crippen LogP) is 3.46. The largest absolute Gasteiger partial charge is 0.496 e. The first-order chi connectivity index (χ1) is 13.7. The average molecular weight is 376 g/mol. The number of piperidine rings is 1.